The first kappa shape index (κ1) is 12.6. The largest absolute Gasteiger partial charge is 0.466 e. The first-order valence-corrected chi connectivity index (χ1v) is 5.89. The van der Waals surface area contributed by atoms with E-state index < -0.39 is 0 Å². The third kappa shape index (κ3) is 3.07. The van der Waals surface area contributed by atoms with Crippen molar-refractivity contribution in [2.75, 3.05) is 6.61 Å². The van der Waals surface area contributed by atoms with Crippen molar-refractivity contribution in [2.24, 2.45) is 0 Å². The number of nitrogens with one attached hydrogen (secondary N) is 1. The van der Waals surface area contributed by atoms with Crippen LogP contribution in [0.1, 0.15) is 12.7 Å². The molecule has 0 aliphatic carbocycles. The summed E-state index contributed by atoms with van der Waals surface area (Å²) >= 11 is 5.89. The van der Waals surface area contributed by atoms with E-state index in [1.165, 1.54) is 0 Å². The molecule has 1 aromatic heterocycles. The zero-order valence-corrected chi connectivity index (χ0v) is 10.6. The summed E-state index contributed by atoms with van der Waals surface area (Å²) in [6.07, 6.45) is 0.0847. The summed E-state index contributed by atoms with van der Waals surface area (Å²) < 4.78 is 4.83. The Morgan fingerprint density at radius 1 is 1.50 bits per heavy atom. The summed E-state index contributed by atoms with van der Waals surface area (Å²) in [7, 11) is 0. The molecule has 0 atom stereocenters. The minimum Gasteiger partial charge on any atom is -0.466 e. The predicted molar refractivity (Wildman–Crippen MR) is 67.2 cm³/mol. The molecule has 1 heterocycles. The van der Waals surface area contributed by atoms with E-state index in [-0.39, 0.29) is 12.4 Å². The highest BCUT2D eigenvalue weighted by Crippen LogP contribution is 2.19. The number of halogens is 1. The van der Waals surface area contributed by atoms with E-state index >= 15 is 0 Å². The van der Waals surface area contributed by atoms with E-state index in [1.54, 1.807) is 19.1 Å². The molecule has 0 radical (unpaired) electrons. The lowest BCUT2D eigenvalue weighted by molar-refractivity contribution is -0.142. The van der Waals surface area contributed by atoms with Gasteiger partial charge in [0.05, 0.1) is 6.61 Å². The fourth-order valence-electron chi connectivity index (χ4n) is 1.48. The highest BCUT2D eigenvalue weighted by Gasteiger charge is 2.10. The minimum absolute atomic E-state index is 0.0847. The van der Waals surface area contributed by atoms with Gasteiger partial charge in [-0.2, -0.15) is 5.10 Å². The van der Waals surface area contributed by atoms with Crippen molar-refractivity contribution in [3.05, 3.63) is 35.1 Å². The van der Waals surface area contributed by atoms with E-state index in [0.717, 1.165) is 5.56 Å². The smallest absolute Gasteiger partial charge is 0.313 e. The highest BCUT2D eigenvalue weighted by atomic mass is 35.5. The molecule has 2 aromatic rings. The predicted octanol–water partition coefficient (Wildman–Crippen LogP) is 2.23. The maximum absolute atomic E-state index is 11.3. The molecule has 18 heavy (non-hydrogen) atoms. The van der Waals surface area contributed by atoms with Crippen LogP contribution in [-0.2, 0) is 16.0 Å². The second kappa shape index (κ2) is 5.64. The molecule has 0 unspecified atom stereocenters. The first-order valence-electron chi connectivity index (χ1n) is 5.52. The number of benzene rings is 1. The zero-order valence-electron chi connectivity index (χ0n) is 9.81. The number of aromatic amines is 1. The van der Waals surface area contributed by atoms with Gasteiger partial charge in [0.1, 0.15) is 12.2 Å². The van der Waals surface area contributed by atoms with Crippen LogP contribution in [0.2, 0.25) is 5.02 Å². The van der Waals surface area contributed by atoms with Crippen molar-refractivity contribution in [1.82, 2.24) is 15.2 Å². The van der Waals surface area contributed by atoms with Gasteiger partial charge in [0.15, 0.2) is 5.82 Å². The van der Waals surface area contributed by atoms with Crippen LogP contribution in [0.3, 0.4) is 0 Å². The Morgan fingerprint density at radius 3 is 3.06 bits per heavy atom. The number of hydrogen-bond acceptors (Lipinski definition) is 4. The van der Waals surface area contributed by atoms with Crippen LogP contribution >= 0.6 is 11.6 Å². The standard InChI is InChI=1S/C12H12ClN3O2/c1-2-18-11(17)7-10-14-12(16-15-10)8-4-3-5-9(13)6-8/h3-6H,2,7H2,1H3,(H,14,15,16). The fourth-order valence-corrected chi connectivity index (χ4v) is 1.67. The molecule has 1 N–H and O–H groups in total. The number of carbonyl (C=O) groups is 1. The number of esters is 1. The fraction of sp³-hybridized carbons (Fsp3) is 0.250. The van der Waals surface area contributed by atoms with Crippen LogP contribution < -0.4 is 0 Å². The van der Waals surface area contributed by atoms with Gasteiger partial charge in [-0.05, 0) is 19.1 Å². The van der Waals surface area contributed by atoms with Crippen LogP contribution in [-0.4, -0.2) is 27.8 Å². The molecule has 94 valence electrons. The van der Waals surface area contributed by atoms with Crippen LogP contribution in [0.25, 0.3) is 11.4 Å². The molecule has 0 amide bonds. The molecule has 0 saturated heterocycles. The van der Waals surface area contributed by atoms with Crippen LogP contribution in [0, 0.1) is 0 Å². The summed E-state index contributed by atoms with van der Waals surface area (Å²) in [6.45, 7) is 2.11. The lowest BCUT2D eigenvalue weighted by Crippen LogP contribution is -2.08. The molecule has 2 rings (SSSR count). The van der Waals surface area contributed by atoms with E-state index in [2.05, 4.69) is 15.2 Å². The Hall–Kier alpha value is -1.88. The molecule has 1 aromatic carbocycles. The Bertz CT molecular complexity index is 554. The SMILES string of the molecule is CCOC(=O)Cc1nc(-c2cccc(Cl)c2)n[nH]1. The molecule has 0 bridgehead atoms. The lowest BCUT2D eigenvalue weighted by atomic mass is 10.2. The van der Waals surface area contributed by atoms with Crippen molar-refractivity contribution < 1.29 is 9.53 Å². The number of nitrogens with zero attached hydrogens (tertiary/aromatic N) is 2. The Morgan fingerprint density at radius 2 is 2.33 bits per heavy atom. The second-order valence-electron chi connectivity index (χ2n) is 3.60. The maximum atomic E-state index is 11.3. The van der Waals surface area contributed by atoms with Crippen LogP contribution in [0.5, 0.6) is 0 Å². The monoisotopic (exact) mass is 265 g/mol. The summed E-state index contributed by atoms with van der Waals surface area (Å²) in [4.78, 5) is 15.5. The number of carbonyl (C=O) groups excluding carboxylic acids is 1. The van der Waals surface area contributed by atoms with E-state index in [4.69, 9.17) is 16.3 Å². The molecule has 0 spiro atoms. The number of hydrogen-bond donors (Lipinski definition) is 1. The molecular weight excluding hydrogens is 254 g/mol. The summed E-state index contributed by atoms with van der Waals surface area (Å²) in [5, 5.41) is 7.36. The molecule has 0 saturated carbocycles. The summed E-state index contributed by atoms with van der Waals surface area (Å²) in [5.74, 6) is 0.659. The Balaban J connectivity index is 2.13. The van der Waals surface area contributed by atoms with Crippen molar-refractivity contribution in [2.45, 2.75) is 13.3 Å². The Kier molecular flexibility index (Phi) is 3.94. The molecular formula is C12H12ClN3O2. The number of rotatable bonds is 4. The average molecular weight is 266 g/mol. The van der Waals surface area contributed by atoms with Crippen molar-refractivity contribution in [3.8, 4) is 11.4 Å². The van der Waals surface area contributed by atoms with Gasteiger partial charge in [-0.15, -0.1) is 0 Å². The third-order valence-corrected chi connectivity index (χ3v) is 2.47. The van der Waals surface area contributed by atoms with E-state index in [1.807, 2.05) is 12.1 Å². The average Bonchev–Trinajstić information content (AvgIpc) is 2.78. The minimum atomic E-state index is -0.328. The molecule has 6 heteroatoms. The summed E-state index contributed by atoms with van der Waals surface area (Å²) in [6, 6.07) is 7.21. The zero-order chi connectivity index (χ0) is 13.0. The van der Waals surface area contributed by atoms with Crippen LogP contribution in [0.15, 0.2) is 24.3 Å². The highest BCUT2D eigenvalue weighted by molar-refractivity contribution is 6.30. The summed E-state index contributed by atoms with van der Waals surface area (Å²) in [5.41, 5.74) is 0.800. The van der Waals surface area contributed by atoms with Gasteiger partial charge in [0.25, 0.3) is 0 Å². The quantitative estimate of drug-likeness (QED) is 0.861. The van der Waals surface area contributed by atoms with Gasteiger partial charge in [0.2, 0.25) is 0 Å². The van der Waals surface area contributed by atoms with Gasteiger partial charge >= 0.3 is 5.97 Å². The second-order valence-corrected chi connectivity index (χ2v) is 4.03. The maximum Gasteiger partial charge on any atom is 0.313 e. The lowest BCUT2D eigenvalue weighted by Gasteiger charge is -1.97. The van der Waals surface area contributed by atoms with Crippen molar-refractivity contribution in [3.63, 3.8) is 0 Å². The number of aromatic nitrogens is 3. The van der Waals surface area contributed by atoms with E-state index in [0.29, 0.717) is 23.3 Å². The molecule has 0 aliphatic rings. The van der Waals surface area contributed by atoms with Gasteiger partial charge in [-0.1, -0.05) is 23.7 Å². The number of H-pyrrole nitrogens is 1. The van der Waals surface area contributed by atoms with Crippen LogP contribution in [0.4, 0.5) is 0 Å². The van der Waals surface area contributed by atoms with Crippen molar-refractivity contribution >= 4 is 17.6 Å². The normalized spacial score (nSPS) is 10.3. The first-order chi connectivity index (χ1) is 8.69. The Labute approximate surface area is 109 Å². The van der Waals surface area contributed by atoms with Crippen molar-refractivity contribution in [1.29, 1.82) is 0 Å². The molecule has 0 aliphatic heterocycles. The molecule has 0 fully saturated rings. The van der Waals surface area contributed by atoms with Gasteiger partial charge in [0, 0.05) is 10.6 Å². The molecule has 5 nitrogen and oxygen atoms in total. The van der Waals surface area contributed by atoms with Gasteiger partial charge in [-0.25, -0.2) is 4.98 Å². The third-order valence-electron chi connectivity index (χ3n) is 2.23. The van der Waals surface area contributed by atoms with Gasteiger partial charge in [-0.3, -0.25) is 9.89 Å². The number of ether oxygens (including phenoxy) is 1. The van der Waals surface area contributed by atoms with Gasteiger partial charge < -0.3 is 4.74 Å². The van der Waals surface area contributed by atoms with E-state index in [9.17, 15) is 4.79 Å². The topological polar surface area (TPSA) is 67.9 Å².